The molecule has 6 heteroatoms. The summed E-state index contributed by atoms with van der Waals surface area (Å²) >= 11 is 0. The van der Waals surface area contributed by atoms with Gasteiger partial charge in [0.15, 0.2) is 11.7 Å². The first-order chi connectivity index (χ1) is 12.0. The number of carboxylic acids is 1. The standard InChI is InChI=1S/C19H24N2O4/c1-3-4-10-15(19(23)24)21-16(22)11-12-17-20-13(2)18(25-17)14-8-6-5-7-9-14/h5-9,15H,3-4,10-12H2,1-2H3,(H,21,22)(H,23,24). The van der Waals surface area contributed by atoms with Gasteiger partial charge >= 0.3 is 5.97 Å². The van der Waals surface area contributed by atoms with E-state index in [1.807, 2.05) is 44.2 Å². The normalized spacial score (nSPS) is 11.9. The number of carbonyl (C=O) groups excluding carboxylic acids is 1. The van der Waals surface area contributed by atoms with E-state index in [-0.39, 0.29) is 12.3 Å². The average molecular weight is 344 g/mol. The number of oxazole rings is 1. The van der Waals surface area contributed by atoms with Gasteiger partial charge in [-0.25, -0.2) is 9.78 Å². The van der Waals surface area contributed by atoms with Gasteiger partial charge in [-0.2, -0.15) is 0 Å². The molecule has 2 aromatic rings. The van der Waals surface area contributed by atoms with Crippen molar-refractivity contribution in [3.63, 3.8) is 0 Å². The highest BCUT2D eigenvalue weighted by Crippen LogP contribution is 2.24. The molecule has 1 unspecified atom stereocenters. The molecule has 2 N–H and O–H groups in total. The lowest BCUT2D eigenvalue weighted by atomic mass is 10.1. The topological polar surface area (TPSA) is 92.4 Å². The van der Waals surface area contributed by atoms with E-state index in [1.54, 1.807) is 0 Å². The molecular formula is C19H24N2O4. The van der Waals surface area contributed by atoms with Crippen LogP contribution in [0.25, 0.3) is 11.3 Å². The highest BCUT2D eigenvalue weighted by molar-refractivity contribution is 5.83. The lowest BCUT2D eigenvalue weighted by Crippen LogP contribution is -2.40. The van der Waals surface area contributed by atoms with Gasteiger partial charge in [0.2, 0.25) is 5.91 Å². The van der Waals surface area contributed by atoms with Crippen LogP contribution in [0.3, 0.4) is 0 Å². The van der Waals surface area contributed by atoms with Crippen molar-refractivity contribution in [2.75, 3.05) is 0 Å². The molecule has 0 saturated carbocycles. The van der Waals surface area contributed by atoms with Gasteiger partial charge in [-0.1, -0.05) is 50.1 Å². The van der Waals surface area contributed by atoms with Crippen LogP contribution in [0.5, 0.6) is 0 Å². The Bertz CT molecular complexity index is 709. The predicted molar refractivity (Wildman–Crippen MR) is 94.1 cm³/mol. The molecule has 0 saturated heterocycles. The Balaban J connectivity index is 1.93. The summed E-state index contributed by atoms with van der Waals surface area (Å²) in [5.74, 6) is -0.130. The molecule has 1 aromatic carbocycles. The Morgan fingerprint density at radius 1 is 1.28 bits per heavy atom. The minimum absolute atomic E-state index is 0.143. The summed E-state index contributed by atoms with van der Waals surface area (Å²) in [6.45, 7) is 3.84. The van der Waals surface area contributed by atoms with Crippen molar-refractivity contribution in [2.24, 2.45) is 0 Å². The van der Waals surface area contributed by atoms with Crippen LogP contribution < -0.4 is 5.32 Å². The highest BCUT2D eigenvalue weighted by atomic mass is 16.4. The first-order valence-electron chi connectivity index (χ1n) is 8.55. The van der Waals surface area contributed by atoms with Crippen LogP contribution in [-0.4, -0.2) is 28.0 Å². The molecule has 134 valence electrons. The second-order valence-electron chi connectivity index (χ2n) is 5.99. The summed E-state index contributed by atoms with van der Waals surface area (Å²) in [6.07, 6.45) is 2.56. The number of nitrogens with zero attached hydrogens (tertiary/aromatic N) is 1. The number of amides is 1. The van der Waals surface area contributed by atoms with Crippen LogP contribution in [0.2, 0.25) is 0 Å². The zero-order chi connectivity index (χ0) is 18.2. The lowest BCUT2D eigenvalue weighted by molar-refractivity contribution is -0.142. The van der Waals surface area contributed by atoms with E-state index in [0.29, 0.717) is 24.5 Å². The van der Waals surface area contributed by atoms with Gasteiger partial charge in [-0.15, -0.1) is 0 Å². The van der Waals surface area contributed by atoms with Crippen molar-refractivity contribution in [3.8, 4) is 11.3 Å². The Kier molecular flexibility index (Phi) is 6.74. The van der Waals surface area contributed by atoms with E-state index in [9.17, 15) is 9.59 Å². The summed E-state index contributed by atoms with van der Waals surface area (Å²) in [7, 11) is 0. The van der Waals surface area contributed by atoms with E-state index >= 15 is 0 Å². The van der Waals surface area contributed by atoms with Gasteiger partial charge in [0.1, 0.15) is 6.04 Å². The maximum absolute atomic E-state index is 12.0. The predicted octanol–water partition coefficient (Wildman–Crippen LogP) is 3.34. The maximum atomic E-state index is 12.0. The molecule has 0 aliphatic carbocycles. The van der Waals surface area contributed by atoms with Crippen molar-refractivity contribution >= 4 is 11.9 Å². The maximum Gasteiger partial charge on any atom is 0.326 e. The third-order valence-corrected chi connectivity index (χ3v) is 3.92. The van der Waals surface area contributed by atoms with Crippen molar-refractivity contribution < 1.29 is 19.1 Å². The molecule has 0 fully saturated rings. The number of carbonyl (C=O) groups is 2. The van der Waals surface area contributed by atoms with Crippen molar-refractivity contribution in [1.29, 1.82) is 0 Å². The molecule has 0 aliphatic heterocycles. The molecule has 1 aromatic heterocycles. The Morgan fingerprint density at radius 2 is 2.00 bits per heavy atom. The molecule has 0 aliphatic rings. The van der Waals surface area contributed by atoms with Crippen LogP contribution in [-0.2, 0) is 16.0 Å². The summed E-state index contributed by atoms with van der Waals surface area (Å²) < 4.78 is 5.76. The minimum atomic E-state index is -1.000. The fraction of sp³-hybridized carbons (Fsp3) is 0.421. The second-order valence-corrected chi connectivity index (χ2v) is 5.99. The zero-order valence-electron chi connectivity index (χ0n) is 14.6. The fourth-order valence-electron chi connectivity index (χ4n) is 2.57. The van der Waals surface area contributed by atoms with Gasteiger partial charge in [-0.05, 0) is 13.3 Å². The van der Waals surface area contributed by atoms with E-state index < -0.39 is 12.0 Å². The van der Waals surface area contributed by atoms with Crippen molar-refractivity contribution in [2.45, 2.75) is 52.0 Å². The molecule has 1 heterocycles. The first kappa shape index (κ1) is 18.7. The SMILES string of the molecule is CCCCC(NC(=O)CCc1nc(C)c(-c2ccccc2)o1)C(=O)O. The Hall–Kier alpha value is -2.63. The summed E-state index contributed by atoms with van der Waals surface area (Å²) in [5.41, 5.74) is 1.71. The molecular weight excluding hydrogens is 320 g/mol. The largest absolute Gasteiger partial charge is 0.480 e. The second kappa shape index (κ2) is 9.01. The van der Waals surface area contributed by atoms with Crippen LogP contribution >= 0.6 is 0 Å². The van der Waals surface area contributed by atoms with Gasteiger partial charge in [-0.3, -0.25) is 4.79 Å². The van der Waals surface area contributed by atoms with Gasteiger partial charge in [0.25, 0.3) is 0 Å². The minimum Gasteiger partial charge on any atom is -0.480 e. The molecule has 6 nitrogen and oxygen atoms in total. The number of aliphatic carboxylic acids is 1. The molecule has 2 rings (SSSR count). The number of benzene rings is 1. The zero-order valence-corrected chi connectivity index (χ0v) is 14.6. The quantitative estimate of drug-likeness (QED) is 0.728. The van der Waals surface area contributed by atoms with E-state index in [4.69, 9.17) is 9.52 Å². The van der Waals surface area contributed by atoms with E-state index in [0.717, 1.165) is 24.1 Å². The molecule has 0 radical (unpaired) electrons. The highest BCUT2D eigenvalue weighted by Gasteiger charge is 2.20. The average Bonchev–Trinajstić information content (AvgIpc) is 2.98. The number of unbranched alkanes of at least 4 members (excludes halogenated alkanes) is 1. The number of aryl methyl sites for hydroxylation is 2. The number of carboxylic acid groups (broad SMARTS) is 1. The molecule has 25 heavy (non-hydrogen) atoms. The van der Waals surface area contributed by atoms with Gasteiger partial charge in [0.05, 0.1) is 5.69 Å². The van der Waals surface area contributed by atoms with Gasteiger partial charge < -0.3 is 14.8 Å². The van der Waals surface area contributed by atoms with E-state index in [2.05, 4.69) is 10.3 Å². The van der Waals surface area contributed by atoms with E-state index in [1.165, 1.54) is 0 Å². The molecule has 1 amide bonds. The number of aromatic nitrogens is 1. The third kappa shape index (κ3) is 5.45. The molecule has 0 spiro atoms. The Morgan fingerprint density at radius 3 is 2.64 bits per heavy atom. The Labute approximate surface area is 147 Å². The number of hydrogen-bond donors (Lipinski definition) is 2. The number of rotatable bonds is 9. The van der Waals surface area contributed by atoms with Crippen molar-refractivity contribution in [1.82, 2.24) is 10.3 Å². The summed E-state index contributed by atoms with van der Waals surface area (Å²) in [5, 5.41) is 11.7. The van der Waals surface area contributed by atoms with Crippen molar-refractivity contribution in [3.05, 3.63) is 41.9 Å². The monoisotopic (exact) mass is 344 g/mol. The summed E-state index contributed by atoms with van der Waals surface area (Å²) in [4.78, 5) is 27.5. The first-order valence-corrected chi connectivity index (χ1v) is 8.55. The van der Waals surface area contributed by atoms with Crippen LogP contribution in [0.15, 0.2) is 34.7 Å². The summed E-state index contributed by atoms with van der Waals surface area (Å²) in [6, 6.07) is 8.82. The van der Waals surface area contributed by atoms with Crippen LogP contribution in [0, 0.1) is 6.92 Å². The molecule has 0 bridgehead atoms. The smallest absolute Gasteiger partial charge is 0.326 e. The fourth-order valence-corrected chi connectivity index (χ4v) is 2.57. The number of nitrogens with one attached hydrogen (secondary N) is 1. The third-order valence-electron chi connectivity index (χ3n) is 3.92. The lowest BCUT2D eigenvalue weighted by Gasteiger charge is -2.13. The van der Waals surface area contributed by atoms with Gasteiger partial charge in [0, 0.05) is 18.4 Å². The van der Waals surface area contributed by atoms with Crippen LogP contribution in [0.1, 0.15) is 44.2 Å². The number of hydrogen-bond acceptors (Lipinski definition) is 4. The molecule has 1 atom stereocenters. The van der Waals surface area contributed by atoms with Crippen LogP contribution in [0.4, 0.5) is 0 Å².